The maximum atomic E-state index is 5.99. The third-order valence-corrected chi connectivity index (χ3v) is 3.66. The van der Waals surface area contributed by atoms with Crippen LogP contribution in [0.25, 0.3) is 0 Å². The second-order valence-corrected chi connectivity index (χ2v) is 5.15. The molecular weight excluding hydrogens is 212 g/mol. The smallest absolute Gasteiger partial charge is 0.0524 e. The van der Waals surface area contributed by atoms with E-state index in [-0.39, 0.29) is 0 Å². The molecule has 0 amide bonds. The van der Waals surface area contributed by atoms with Crippen molar-refractivity contribution >= 4 is 0 Å². The molecule has 0 bridgehead atoms. The van der Waals surface area contributed by atoms with E-state index in [0.29, 0.717) is 12.1 Å². The number of hydrogen-bond donors (Lipinski definition) is 1. The molecule has 1 saturated heterocycles. The molecule has 1 aliphatic rings. The number of piperidine rings is 1. The zero-order valence-corrected chi connectivity index (χ0v) is 11.0. The summed E-state index contributed by atoms with van der Waals surface area (Å²) >= 11 is 0. The molecule has 0 aromatic carbocycles. The predicted octanol–water partition coefficient (Wildman–Crippen LogP) is 1.60. The van der Waals surface area contributed by atoms with Crippen LogP contribution in [0.3, 0.4) is 0 Å². The van der Waals surface area contributed by atoms with Crippen molar-refractivity contribution < 1.29 is 0 Å². The fraction of sp³-hybridized carbons (Fsp3) is 0.769. The van der Waals surface area contributed by atoms with Crippen LogP contribution in [-0.2, 0) is 13.1 Å². The van der Waals surface area contributed by atoms with Gasteiger partial charge in [-0.15, -0.1) is 0 Å². The van der Waals surface area contributed by atoms with Gasteiger partial charge in [0.1, 0.15) is 0 Å². The molecule has 2 N–H and O–H groups in total. The van der Waals surface area contributed by atoms with Gasteiger partial charge in [0.2, 0.25) is 0 Å². The average molecular weight is 236 g/mol. The molecule has 2 rings (SSSR count). The molecular formula is C13H24N4. The monoisotopic (exact) mass is 236 g/mol. The van der Waals surface area contributed by atoms with Crippen molar-refractivity contribution in [3.05, 3.63) is 18.0 Å². The van der Waals surface area contributed by atoms with Crippen LogP contribution in [0.15, 0.2) is 12.3 Å². The van der Waals surface area contributed by atoms with E-state index in [1.54, 1.807) is 0 Å². The van der Waals surface area contributed by atoms with Crippen molar-refractivity contribution in [1.29, 1.82) is 0 Å². The number of nitrogens with zero attached hydrogens (tertiary/aromatic N) is 3. The zero-order chi connectivity index (χ0) is 12.3. The molecule has 2 unspecified atom stereocenters. The second-order valence-electron chi connectivity index (χ2n) is 5.15. The molecule has 1 fully saturated rings. The molecule has 4 nitrogen and oxygen atoms in total. The largest absolute Gasteiger partial charge is 0.328 e. The molecule has 2 atom stereocenters. The van der Waals surface area contributed by atoms with Gasteiger partial charge in [0.25, 0.3) is 0 Å². The van der Waals surface area contributed by atoms with Gasteiger partial charge in [-0.1, -0.05) is 6.92 Å². The molecule has 1 aliphatic heterocycles. The van der Waals surface area contributed by atoms with Crippen molar-refractivity contribution in [3.63, 3.8) is 0 Å². The van der Waals surface area contributed by atoms with Crippen LogP contribution in [0.4, 0.5) is 0 Å². The fourth-order valence-corrected chi connectivity index (χ4v) is 2.61. The number of aromatic nitrogens is 2. The van der Waals surface area contributed by atoms with Gasteiger partial charge in [-0.05, 0) is 32.3 Å². The zero-order valence-electron chi connectivity index (χ0n) is 11.0. The van der Waals surface area contributed by atoms with E-state index < -0.39 is 0 Å². The maximum Gasteiger partial charge on any atom is 0.0524 e. The van der Waals surface area contributed by atoms with E-state index in [1.807, 2.05) is 6.20 Å². The predicted molar refractivity (Wildman–Crippen MR) is 69.6 cm³/mol. The lowest BCUT2D eigenvalue weighted by Gasteiger charge is -2.36. The van der Waals surface area contributed by atoms with Gasteiger partial charge >= 0.3 is 0 Å². The molecule has 2 heterocycles. The number of rotatable bonds is 4. The van der Waals surface area contributed by atoms with Gasteiger partial charge in [-0.2, -0.15) is 5.10 Å². The third-order valence-electron chi connectivity index (χ3n) is 3.66. The van der Waals surface area contributed by atoms with Crippen molar-refractivity contribution in [1.82, 2.24) is 14.7 Å². The van der Waals surface area contributed by atoms with Crippen LogP contribution in [0.1, 0.15) is 38.8 Å². The third kappa shape index (κ3) is 3.07. The number of nitrogens with two attached hydrogens (primary N) is 1. The van der Waals surface area contributed by atoms with Crippen LogP contribution in [0.2, 0.25) is 0 Å². The Morgan fingerprint density at radius 3 is 3.06 bits per heavy atom. The second kappa shape index (κ2) is 5.65. The molecule has 17 heavy (non-hydrogen) atoms. The number of likely N-dealkylation sites (tertiary alicyclic amines) is 1. The van der Waals surface area contributed by atoms with Crippen LogP contribution in [0, 0.1) is 0 Å². The summed E-state index contributed by atoms with van der Waals surface area (Å²) in [6.07, 6.45) is 5.27. The lowest BCUT2D eigenvalue weighted by molar-refractivity contribution is 0.136. The molecule has 96 valence electrons. The van der Waals surface area contributed by atoms with Gasteiger partial charge in [0, 0.05) is 37.9 Å². The SMILES string of the molecule is CCCn1nccc1CN1CCC(N)CC1C. The van der Waals surface area contributed by atoms with E-state index in [9.17, 15) is 0 Å². The van der Waals surface area contributed by atoms with Crippen molar-refractivity contribution in [2.45, 2.75) is 58.3 Å². The van der Waals surface area contributed by atoms with Crippen LogP contribution < -0.4 is 5.73 Å². The summed E-state index contributed by atoms with van der Waals surface area (Å²) in [5.74, 6) is 0. The minimum Gasteiger partial charge on any atom is -0.328 e. The van der Waals surface area contributed by atoms with Crippen molar-refractivity contribution in [3.8, 4) is 0 Å². The summed E-state index contributed by atoms with van der Waals surface area (Å²) in [5, 5.41) is 4.38. The molecule has 0 spiro atoms. The van der Waals surface area contributed by atoms with E-state index in [4.69, 9.17) is 5.73 Å². The topological polar surface area (TPSA) is 47.1 Å². The number of hydrogen-bond acceptors (Lipinski definition) is 3. The minimum absolute atomic E-state index is 0.391. The standard InChI is InChI=1S/C13H24N4/c1-3-7-17-13(4-6-15-17)10-16-8-5-12(14)9-11(16)2/h4,6,11-12H,3,5,7-10,14H2,1-2H3. The van der Waals surface area contributed by atoms with Crippen molar-refractivity contribution in [2.24, 2.45) is 5.73 Å². The highest BCUT2D eigenvalue weighted by molar-refractivity contribution is 5.01. The normalized spacial score (nSPS) is 26.3. The summed E-state index contributed by atoms with van der Waals surface area (Å²) in [6, 6.07) is 3.11. The first kappa shape index (κ1) is 12.6. The highest BCUT2D eigenvalue weighted by atomic mass is 15.3. The Bertz CT molecular complexity index is 347. The molecule has 0 radical (unpaired) electrons. The van der Waals surface area contributed by atoms with E-state index in [2.05, 4.69) is 34.6 Å². The first-order valence-electron chi connectivity index (χ1n) is 6.71. The Labute approximate surface area is 104 Å². The summed E-state index contributed by atoms with van der Waals surface area (Å²) in [5.41, 5.74) is 7.32. The van der Waals surface area contributed by atoms with Gasteiger partial charge in [0.15, 0.2) is 0 Å². The van der Waals surface area contributed by atoms with Gasteiger partial charge in [0.05, 0.1) is 5.69 Å². The maximum absolute atomic E-state index is 5.99. The average Bonchev–Trinajstić information content (AvgIpc) is 2.71. The van der Waals surface area contributed by atoms with Crippen molar-refractivity contribution in [2.75, 3.05) is 6.54 Å². The van der Waals surface area contributed by atoms with E-state index in [1.165, 1.54) is 5.69 Å². The molecule has 0 saturated carbocycles. The summed E-state index contributed by atoms with van der Waals surface area (Å²) in [4.78, 5) is 2.52. The van der Waals surface area contributed by atoms with Gasteiger partial charge in [-0.25, -0.2) is 0 Å². The molecule has 1 aromatic heterocycles. The Kier molecular flexibility index (Phi) is 4.18. The molecule has 4 heteroatoms. The first-order chi connectivity index (χ1) is 8.20. The Balaban J connectivity index is 1.97. The lowest BCUT2D eigenvalue weighted by atomic mass is 9.99. The summed E-state index contributed by atoms with van der Waals surface area (Å²) in [6.45, 7) is 7.60. The quantitative estimate of drug-likeness (QED) is 0.864. The Morgan fingerprint density at radius 2 is 2.35 bits per heavy atom. The lowest BCUT2D eigenvalue weighted by Crippen LogP contribution is -2.45. The number of aryl methyl sites for hydroxylation is 1. The van der Waals surface area contributed by atoms with Gasteiger partial charge < -0.3 is 5.73 Å². The summed E-state index contributed by atoms with van der Waals surface area (Å²) in [7, 11) is 0. The Morgan fingerprint density at radius 1 is 1.53 bits per heavy atom. The molecule has 0 aliphatic carbocycles. The van der Waals surface area contributed by atoms with Crippen LogP contribution in [-0.4, -0.2) is 33.3 Å². The van der Waals surface area contributed by atoms with Gasteiger partial charge in [-0.3, -0.25) is 9.58 Å². The fourth-order valence-electron chi connectivity index (χ4n) is 2.61. The summed E-state index contributed by atoms with van der Waals surface area (Å²) < 4.78 is 2.13. The highest BCUT2D eigenvalue weighted by Gasteiger charge is 2.23. The first-order valence-corrected chi connectivity index (χ1v) is 6.71. The highest BCUT2D eigenvalue weighted by Crippen LogP contribution is 2.18. The molecule has 1 aromatic rings. The Hall–Kier alpha value is -0.870. The minimum atomic E-state index is 0.391. The van der Waals surface area contributed by atoms with E-state index in [0.717, 1.165) is 38.9 Å². The van der Waals surface area contributed by atoms with Crippen LogP contribution >= 0.6 is 0 Å². The van der Waals surface area contributed by atoms with Crippen LogP contribution in [0.5, 0.6) is 0 Å². The van der Waals surface area contributed by atoms with E-state index >= 15 is 0 Å².